The summed E-state index contributed by atoms with van der Waals surface area (Å²) in [7, 11) is -1.55. The molecule has 1 aromatic carbocycles. The Labute approximate surface area is 86.2 Å². The van der Waals surface area contributed by atoms with E-state index in [1.807, 2.05) is 0 Å². The third-order valence-corrected chi connectivity index (χ3v) is 7.58. The van der Waals surface area contributed by atoms with E-state index in [2.05, 4.69) is 37.7 Å². The van der Waals surface area contributed by atoms with Crippen LogP contribution in [0, 0.1) is 0 Å². The summed E-state index contributed by atoms with van der Waals surface area (Å²) in [5, 5.41) is 1.48. The topological polar surface area (TPSA) is 9.23 Å². The molecule has 0 aromatic heterocycles. The van der Waals surface area contributed by atoms with Gasteiger partial charge in [0.15, 0.2) is 0 Å². The van der Waals surface area contributed by atoms with Crippen molar-refractivity contribution in [2.45, 2.75) is 38.0 Å². The van der Waals surface area contributed by atoms with Crippen molar-refractivity contribution in [2.75, 3.05) is 0 Å². The van der Waals surface area contributed by atoms with Crippen molar-refractivity contribution in [1.82, 2.24) is 0 Å². The predicted molar refractivity (Wildman–Crippen MR) is 60.4 cm³/mol. The molecule has 1 saturated heterocycles. The average molecular weight is 204 g/mol. The fourth-order valence-corrected chi connectivity index (χ4v) is 6.21. The first kappa shape index (κ1) is 8.68. The fraction of sp³-hybridized carbons (Fsp3) is 0.500. The second-order valence-electron chi connectivity index (χ2n) is 4.82. The first-order valence-corrected chi connectivity index (χ1v) is 8.09. The molecule has 74 valence electrons. The summed E-state index contributed by atoms with van der Waals surface area (Å²) in [6.07, 6.45) is 1.76. The van der Waals surface area contributed by atoms with Gasteiger partial charge in [0.05, 0.1) is 0 Å². The minimum atomic E-state index is -1.55. The Morgan fingerprint density at radius 3 is 2.64 bits per heavy atom. The monoisotopic (exact) mass is 204 g/mol. The maximum atomic E-state index is 6.29. The Kier molecular flexibility index (Phi) is 1.68. The van der Waals surface area contributed by atoms with Crippen LogP contribution in [0.2, 0.25) is 12.6 Å². The normalized spacial score (nSPS) is 39.6. The third-order valence-electron chi connectivity index (χ3n) is 3.89. The largest absolute Gasteiger partial charge is 0.409 e. The maximum Gasteiger partial charge on any atom is 0.221 e. The summed E-state index contributed by atoms with van der Waals surface area (Å²) in [6, 6.07) is 10.5. The first-order chi connectivity index (χ1) is 6.69. The molecule has 5 aliphatic rings. The van der Waals surface area contributed by atoms with Crippen LogP contribution in [0.1, 0.15) is 24.8 Å². The van der Waals surface area contributed by atoms with Crippen LogP contribution in [0.4, 0.5) is 0 Å². The van der Waals surface area contributed by atoms with Gasteiger partial charge in [0.25, 0.3) is 0 Å². The lowest BCUT2D eigenvalue weighted by atomic mass is 9.91. The van der Waals surface area contributed by atoms with Gasteiger partial charge in [-0.05, 0) is 36.7 Å². The van der Waals surface area contributed by atoms with Gasteiger partial charge in [0.1, 0.15) is 0 Å². The highest BCUT2D eigenvalue weighted by Crippen LogP contribution is 2.38. The second kappa shape index (κ2) is 2.71. The van der Waals surface area contributed by atoms with Crippen molar-refractivity contribution < 1.29 is 4.43 Å². The highest BCUT2D eigenvalue weighted by atomic mass is 28.4. The van der Waals surface area contributed by atoms with E-state index in [0.717, 1.165) is 0 Å². The second-order valence-corrected chi connectivity index (χ2v) is 8.60. The Morgan fingerprint density at radius 1 is 1.29 bits per heavy atom. The third kappa shape index (κ3) is 1.04. The number of hydrogen-bond donors (Lipinski definition) is 0. The minimum Gasteiger partial charge on any atom is -0.409 e. The molecule has 1 aromatic rings. The molecule has 5 heterocycles. The van der Waals surface area contributed by atoms with E-state index in [4.69, 9.17) is 4.43 Å². The van der Waals surface area contributed by atoms with E-state index in [-0.39, 0.29) is 0 Å². The minimum absolute atomic E-state index is 0.431. The van der Waals surface area contributed by atoms with E-state index >= 15 is 0 Å². The van der Waals surface area contributed by atoms with E-state index in [1.54, 1.807) is 0 Å². The molecule has 0 amide bonds. The molecule has 4 bridgehead atoms. The summed E-state index contributed by atoms with van der Waals surface area (Å²) < 4.78 is 6.29. The van der Waals surface area contributed by atoms with E-state index in [9.17, 15) is 0 Å². The van der Waals surface area contributed by atoms with Crippen LogP contribution < -0.4 is 5.19 Å². The van der Waals surface area contributed by atoms with Crippen LogP contribution >= 0.6 is 0 Å². The molecular weight excluding hydrogens is 188 g/mol. The summed E-state index contributed by atoms with van der Waals surface area (Å²) >= 11 is 0. The van der Waals surface area contributed by atoms with Gasteiger partial charge in [-0.3, -0.25) is 0 Å². The SMILES string of the molecule is CC1O[Si]2(C)CCC1c1ccc2cc1. The molecule has 0 saturated carbocycles. The molecule has 0 N–H and O–H groups in total. The Morgan fingerprint density at radius 2 is 2.00 bits per heavy atom. The molecule has 1 fully saturated rings. The zero-order valence-electron chi connectivity index (χ0n) is 8.79. The van der Waals surface area contributed by atoms with Gasteiger partial charge in [-0.15, -0.1) is 0 Å². The quantitative estimate of drug-likeness (QED) is 0.590. The number of hydrogen-bond acceptors (Lipinski definition) is 1. The van der Waals surface area contributed by atoms with Crippen LogP contribution in [-0.4, -0.2) is 14.4 Å². The molecule has 6 rings (SSSR count). The molecule has 0 spiro atoms. The molecule has 5 aliphatic heterocycles. The fourth-order valence-electron chi connectivity index (χ4n) is 2.95. The Balaban J connectivity index is 2.22. The molecule has 2 heteroatoms. The lowest BCUT2D eigenvalue weighted by Gasteiger charge is -2.43. The summed E-state index contributed by atoms with van der Waals surface area (Å²) in [5.74, 6) is 0.643. The molecular formula is C12H16OSi. The molecule has 14 heavy (non-hydrogen) atoms. The van der Waals surface area contributed by atoms with Gasteiger partial charge < -0.3 is 4.43 Å². The molecule has 3 atom stereocenters. The summed E-state index contributed by atoms with van der Waals surface area (Å²) in [5.41, 5.74) is 1.47. The van der Waals surface area contributed by atoms with E-state index < -0.39 is 8.32 Å². The Hall–Kier alpha value is -0.603. The van der Waals surface area contributed by atoms with Crippen molar-refractivity contribution in [1.29, 1.82) is 0 Å². The smallest absolute Gasteiger partial charge is 0.221 e. The molecule has 1 nitrogen and oxygen atoms in total. The molecule has 0 aliphatic carbocycles. The van der Waals surface area contributed by atoms with E-state index in [0.29, 0.717) is 12.0 Å². The lowest BCUT2D eigenvalue weighted by molar-refractivity contribution is 0.156. The first-order valence-electron chi connectivity index (χ1n) is 5.47. The van der Waals surface area contributed by atoms with Crippen LogP contribution in [-0.2, 0) is 4.43 Å². The highest BCUT2D eigenvalue weighted by molar-refractivity contribution is 6.85. The summed E-state index contributed by atoms with van der Waals surface area (Å²) in [4.78, 5) is 0. The van der Waals surface area contributed by atoms with Gasteiger partial charge in [-0.2, -0.15) is 0 Å². The lowest BCUT2D eigenvalue weighted by Crippen LogP contribution is -2.55. The van der Waals surface area contributed by atoms with Crippen molar-refractivity contribution in [2.24, 2.45) is 0 Å². The van der Waals surface area contributed by atoms with Crippen LogP contribution in [0.15, 0.2) is 24.3 Å². The van der Waals surface area contributed by atoms with Gasteiger partial charge >= 0.3 is 0 Å². The van der Waals surface area contributed by atoms with Crippen molar-refractivity contribution >= 4 is 13.5 Å². The van der Waals surface area contributed by atoms with Gasteiger partial charge in [-0.25, -0.2) is 0 Å². The molecule has 3 unspecified atom stereocenters. The van der Waals surface area contributed by atoms with Gasteiger partial charge in [0.2, 0.25) is 8.32 Å². The predicted octanol–water partition coefficient (Wildman–Crippen LogP) is 2.37. The van der Waals surface area contributed by atoms with Crippen molar-refractivity contribution in [3.05, 3.63) is 29.8 Å². The van der Waals surface area contributed by atoms with Gasteiger partial charge in [-0.1, -0.05) is 24.3 Å². The number of rotatable bonds is 0. The van der Waals surface area contributed by atoms with Crippen LogP contribution in [0.3, 0.4) is 0 Å². The zero-order valence-corrected chi connectivity index (χ0v) is 9.79. The van der Waals surface area contributed by atoms with E-state index in [1.165, 1.54) is 23.2 Å². The number of benzene rings is 1. The molecule has 0 radical (unpaired) electrons. The average Bonchev–Trinajstić information content (AvgIpc) is 2.15. The summed E-state index contributed by atoms with van der Waals surface area (Å²) in [6.45, 7) is 4.60. The standard InChI is InChI=1S/C12H16OSi/c1-9-12-7-8-14(2,13-9)11-5-3-10(12)4-6-11/h3-6,9,12H,7-8H2,1-2H3. The Bertz CT molecular complexity index is 359. The zero-order chi connectivity index (χ0) is 9.76. The van der Waals surface area contributed by atoms with Crippen molar-refractivity contribution in [3.63, 3.8) is 0 Å². The van der Waals surface area contributed by atoms with Gasteiger partial charge in [0, 0.05) is 12.0 Å². The van der Waals surface area contributed by atoms with Crippen molar-refractivity contribution in [3.8, 4) is 0 Å². The highest BCUT2D eigenvalue weighted by Gasteiger charge is 2.42. The van der Waals surface area contributed by atoms with Crippen LogP contribution in [0.25, 0.3) is 0 Å². The van der Waals surface area contributed by atoms with Crippen LogP contribution in [0.5, 0.6) is 0 Å². The maximum absolute atomic E-state index is 6.29.